The molecule has 2 aromatic carbocycles. The van der Waals surface area contributed by atoms with Crippen LogP contribution < -0.4 is 24.3 Å². The van der Waals surface area contributed by atoms with Crippen molar-refractivity contribution in [2.24, 2.45) is 11.8 Å². The van der Waals surface area contributed by atoms with Crippen LogP contribution in [0, 0.1) is 11.8 Å². The summed E-state index contributed by atoms with van der Waals surface area (Å²) in [6.45, 7) is 0.502. The minimum Gasteiger partial charge on any atom is -0.454 e. The Hall–Kier alpha value is -2.73. The Morgan fingerprint density at radius 3 is 1.75 bits per heavy atom. The summed E-state index contributed by atoms with van der Waals surface area (Å²) < 4.78 is 22.0. The van der Waals surface area contributed by atoms with E-state index in [-0.39, 0.29) is 37.5 Å². The number of carbonyl (C=O) groups excluding carboxylic acids is 1. The molecule has 0 amide bonds. The maximum Gasteiger partial charge on any atom is 0.231 e. The van der Waals surface area contributed by atoms with Crippen LogP contribution in [0.25, 0.3) is 0 Å². The van der Waals surface area contributed by atoms with Crippen molar-refractivity contribution in [1.82, 2.24) is 5.32 Å². The normalized spacial score (nSPS) is 29.8. The van der Waals surface area contributed by atoms with Crippen LogP contribution in [0.1, 0.15) is 42.5 Å². The van der Waals surface area contributed by atoms with E-state index in [1.165, 1.54) is 0 Å². The van der Waals surface area contributed by atoms with Crippen LogP contribution in [0.4, 0.5) is 0 Å². The Balaban J connectivity index is 1.38. The van der Waals surface area contributed by atoms with Gasteiger partial charge in [0.25, 0.3) is 0 Å². The van der Waals surface area contributed by atoms with E-state index in [9.17, 15) is 4.79 Å². The molecule has 0 unspecified atom stereocenters. The van der Waals surface area contributed by atoms with Crippen molar-refractivity contribution < 1.29 is 23.7 Å². The zero-order valence-electron chi connectivity index (χ0n) is 15.4. The van der Waals surface area contributed by atoms with E-state index in [0.717, 1.165) is 53.4 Å². The van der Waals surface area contributed by atoms with Crippen molar-refractivity contribution in [3.63, 3.8) is 0 Å². The van der Waals surface area contributed by atoms with Gasteiger partial charge >= 0.3 is 0 Å². The van der Waals surface area contributed by atoms with E-state index in [1.54, 1.807) is 0 Å². The average Bonchev–Trinajstić information content (AvgIpc) is 3.36. The van der Waals surface area contributed by atoms with Crippen molar-refractivity contribution in [2.75, 3.05) is 13.6 Å². The molecule has 3 heterocycles. The first-order valence-electron chi connectivity index (χ1n) is 9.87. The van der Waals surface area contributed by atoms with Gasteiger partial charge in [0.2, 0.25) is 13.6 Å². The predicted molar refractivity (Wildman–Crippen MR) is 99.6 cm³/mol. The first-order valence-corrected chi connectivity index (χ1v) is 9.87. The number of hydrogen-bond donors (Lipinski definition) is 1. The topological polar surface area (TPSA) is 66.0 Å². The van der Waals surface area contributed by atoms with Gasteiger partial charge in [0.15, 0.2) is 23.0 Å². The van der Waals surface area contributed by atoms with Gasteiger partial charge in [0, 0.05) is 23.9 Å². The van der Waals surface area contributed by atoms with Gasteiger partial charge in [-0.3, -0.25) is 4.79 Å². The second-order valence-corrected chi connectivity index (χ2v) is 7.89. The van der Waals surface area contributed by atoms with Crippen molar-refractivity contribution in [1.29, 1.82) is 0 Å². The highest BCUT2D eigenvalue weighted by atomic mass is 16.7. The second kappa shape index (κ2) is 6.14. The van der Waals surface area contributed by atoms with Gasteiger partial charge in [-0.15, -0.1) is 0 Å². The maximum atomic E-state index is 13.3. The van der Waals surface area contributed by atoms with Crippen LogP contribution >= 0.6 is 0 Å². The number of hydrogen-bond acceptors (Lipinski definition) is 6. The molecular weight excluding hydrogens is 358 g/mol. The summed E-state index contributed by atoms with van der Waals surface area (Å²) in [4.78, 5) is 13.3. The molecule has 4 aliphatic rings. The lowest BCUT2D eigenvalue weighted by molar-refractivity contribution is -0.135. The highest BCUT2D eigenvalue weighted by molar-refractivity contribution is 5.87. The van der Waals surface area contributed by atoms with Crippen molar-refractivity contribution in [3.8, 4) is 23.0 Å². The molecule has 2 aromatic rings. The average molecular weight is 379 g/mol. The number of piperidine rings is 1. The van der Waals surface area contributed by atoms with Crippen LogP contribution in [-0.2, 0) is 4.79 Å². The van der Waals surface area contributed by atoms with E-state index >= 15 is 0 Å². The van der Waals surface area contributed by atoms with Crippen molar-refractivity contribution in [2.45, 2.75) is 31.3 Å². The lowest BCUT2D eigenvalue weighted by Gasteiger charge is -2.45. The molecule has 1 saturated carbocycles. The molecule has 4 atom stereocenters. The van der Waals surface area contributed by atoms with Gasteiger partial charge in [0.1, 0.15) is 5.78 Å². The summed E-state index contributed by atoms with van der Waals surface area (Å²) in [5, 5.41) is 3.79. The fourth-order valence-corrected chi connectivity index (χ4v) is 5.08. The molecule has 3 aliphatic heterocycles. The Morgan fingerprint density at radius 2 is 1.21 bits per heavy atom. The number of fused-ring (bicyclic) bond motifs is 4. The molecule has 6 nitrogen and oxygen atoms in total. The quantitative estimate of drug-likeness (QED) is 0.861. The molecule has 1 N–H and O–H groups in total. The number of Topliss-reactive ketones (excluding diaryl/α,β-unsaturated/α-hetero) is 1. The molecule has 6 heteroatoms. The summed E-state index contributed by atoms with van der Waals surface area (Å²) in [6.07, 6.45) is 2.93. The summed E-state index contributed by atoms with van der Waals surface area (Å²) in [7, 11) is 0. The van der Waals surface area contributed by atoms with E-state index in [2.05, 4.69) is 5.32 Å². The Morgan fingerprint density at radius 1 is 0.714 bits per heavy atom. The van der Waals surface area contributed by atoms with Crippen molar-refractivity contribution >= 4 is 5.78 Å². The maximum absolute atomic E-state index is 13.3. The number of carbonyl (C=O) groups is 1. The van der Waals surface area contributed by atoms with Crippen LogP contribution in [0.15, 0.2) is 36.4 Å². The van der Waals surface area contributed by atoms with Gasteiger partial charge in [-0.25, -0.2) is 0 Å². The summed E-state index contributed by atoms with van der Waals surface area (Å²) in [5.74, 6) is 3.41. The highest BCUT2D eigenvalue weighted by Gasteiger charge is 2.46. The molecule has 6 rings (SSSR count). The Bertz CT molecular complexity index is 884. The molecule has 1 saturated heterocycles. The van der Waals surface area contributed by atoms with Gasteiger partial charge in [-0.05, 0) is 48.2 Å². The van der Waals surface area contributed by atoms with Crippen molar-refractivity contribution in [3.05, 3.63) is 47.5 Å². The smallest absolute Gasteiger partial charge is 0.231 e. The minimum absolute atomic E-state index is 0.00406. The molecule has 2 bridgehead atoms. The third kappa shape index (κ3) is 2.41. The fraction of sp³-hybridized carbons (Fsp3) is 0.409. The fourth-order valence-electron chi connectivity index (χ4n) is 5.08. The molecular formula is C22H21NO5. The molecule has 1 aliphatic carbocycles. The molecule has 2 fully saturated rings. The summed E-state index contributed by atoms with van der Waals surface area (Å²) in [5.41, 5.74) is 2.15. The monoisotopic (exact) mass is 379 g/mol. The predicted octanol–water partition coefficient (Wildman–Crippen LogP) is 3.52. The zero-order chi connectivity index (χ0) is 18.7. The largest absolute Gasteiger partial charge is 0.454 e. The van der Waals surface area contributed by atoms with Gasteiger partial charge in [-0.1, -0.05) is 18.6 Å². The highest BCUT2D eigenvalue weighted by Crippen LogP contribution is 2.48. The number of nitrogens with one attached hydrogen (secondary N) is 1. The SMILES string of the molecule is O=C1[C@H]2CCC[C@@H]1[C@@H](c1ccc3c(c1)OCO3)N[C@@H]2c1ccc2c(c1)OCO2. The molecule has 144 valence electrons. The number of benzene rings is 2. The number of rotatable bonds is 2. The van der Waals surface area contributed by atoms with Gasteiger partial charge < -0.3 is 24.3 Å². The van der Waals surface area contributed by atoms with Gasteiger partial charge in [0.05, 0.1) is 0 Å². The molecule has 0 aromatic heterocycles. The van der Waals surface area contributed by atoms with E-state index in [0.29, 0.717) is 5.78 Å². The summed E-state index contributed by atoms with van der Waals surface area (Å²) in [6, 6.07) is 11.9. The van der Waals surface area contributed by atoms with Crippen LogP contribution in [0.2, 0.25) is 0 Å². The minimum atomic E-state index is -0.0334. The molecule has 0 spiro atoms. The third-order valence-electron chi connectivity index (χ3n) is 6.44. The van der Waals surface area contributed by atoms with E-state index < -0.39 is 0 Å². The Kier molecular flexibility index (Phi) is 3.56. The third-order valence-corrected chi connectivity index (χ3v) is 6.44. The zero-order valence-corrected chi connectivity index (χ0v) is 15.4. The Labute approximate surface area is 162 Å². The summed E-state index contributed by atoms with van der Waals surface area (Å²) >= 11 is 0. The van der Waals surface area contributed by atoms with Gasteiger partial charge in [-0.2, -0.15) is 0 Å². The molecule has 28 heavy (non-hydrogen) atoms. The second-order valence-electron chi connectivity index (χ2n) is 7.89. The van der Waals surface area contributed by atoms with Crippen LogP contribution in [-0.4, -0.2) is 19.4 Å². The van der Waals surface area contributed by atoms with E-state index in [4.69, 9.17) is 18.9 Å². The first-order chi connectivity index (χ1) is 13.8. The molecule has 0 radical (unpaired) electrons. The number of ketones is 1. The first kappa shape index (κ1) is 16.2. The van der Waals surface area contributed by atoms with Crippen LogP contribution in [0.3, 0.4) is 0 Å². The standard InChI is InChI=1S/C22H21NO5/c24-22-14-2-1-3-15(22)21(13-5-7-17-19(9-13)28-11-26-17)23-20(14)12-4-6-16-18(8-12)27-10-25-16/h4-9,14-15,20-21,23H,1-3,10-11H2/t14-,15+,20-,21-/m1/s1. The number of ether oxygens (including phenoxy) is 4. The lowest BCUT2D eigenvalue weighted by Crippen LogP contribution is -2.50. The lowest BCUT2D eigenvalue weighted by atomic mass is 9.67. The van der Waals surface area contributed by atoms with Crippen LogP contribution in [0.5, 0.6) is 23.0 Å². The van der Waals surface area contributed by atoms with E-state index in [1.807, 2.05) is 36.4 Å².